The van der Waals surface area contributed by atoms with Gasteiger partial charge >= 0.3 is 11.6 Å². The summed E-state index contributed by atoms with van der Waals surface area (Å²) in [6, 6.07) is 12.3. The van der Waals surface area contributed by atoms with Crippen molar-refractivity contribution in [2.45, 2.75) is 26.6 Å². The number of fused-ring (bicyclic) bond motifs is 2. The number of carbonyl (C=O) groups excluding carboxylic acids is 1. The van der Waals surface area contributed by atoms with Crippen molar-refractivity contribution < 1.29 is 23.4 Å². The van der Waals surface area contributed by atoms with E-state index in [0.29, 0.717) is 22.6 Å². The highest BCUT2D eigenvalue weighted by Gasteiger charge is 2.28. The zero-order valence-corrected chi connectivity index (χ0v) is 15.0. The number of ether oxygens (including phenoxy) is 3. The van der Waals surface area contributed by atoms with Gasteiger partial charge in [0.1, 0.15) is 18.8 Å². The molecule has 0 spiro atoms. The molecule has 2 heterocycles. The molecule has 6 heteroatoms. The van der Waals surface area contributed by atoms with Gasteiger partial charge in [0.2, 0.25) is 6.10 Å². The Morgan fingerprint density at radius 2 is 1.93 bits per heavy atom. The smallest absolute Gasteiger partial charge is 0.351 e. The van der Waals surface area contributed by atoms with E-state index < -0.39 is 17.7 Å². The normalized spacial score (nSPS) is 15.6. The highest BCUT2D eigenvalue weighted by atomic mass is 16.6. The predicted molar refractivity (Wildman–Crippen MR) is 98.1 cm³/mol. The van der Waals surface area contributed by atoms with Crippen molar-refractivity contribution in [2.24, 2.45) is 0 Å². The van der Waals surface area contributed by atoms with E-state index in [0.717, 1.165) is 16.5 Å². The molecule has 0 bridgehead atoms. The summed E-state index contributed by atoms with van der Waals surface area (Å²) in [6.45, 7) is 3.86. The first-order valence-corrected chi connectivity index (χ1v) is 8.61. The molecule has 0 N–H and O–H groups in total. The standard InChI is InChI=1S/C21H18O6/c1-12-7-8-15-14(9-19(22)27-20(15)13(12)2)10-25-21(23)18-11-24-16-5-3-4-6-17(16)26-18/h3-9,18H,10-11H2,1-2H3. The Kier molecular flexibility index (Phi) is 4.32. The molecule has 27 heavy (non-hydrogen) atoms. The van der Waals surface area contributed by atoms with Gasteiger partial charge in [-0.2, -0.15) is 0 Å². The zero-order valence-electron chi connectivity index (χ0n) is 15.0. The van der Waals surface area contributed by atoms with E-state index in [1.54, 1.807) is 18.2 Å². The Hall–Kier alpha value is -3.28. The van der Waals surface area contributed by atoms with Crippen LogP contribution in [0, 0.1) is 13.8 Å². The third-order valence-electron chi connectivity index (χ3n) is 4.66. The molecule has 1 atom stereocenters. The molecule has 4 rings (SSSR count). The average molecular weight is 366 g/mol. The first-order chi connectivity index (χ1) is 13.0. The topological polar surface area (TPSA) is 75.0 Å². The third-order valence-corrected chi connectivity index (χ3v) is 4.66. The maximum absolute atomic E-state index is 12.4. The number of aryl methyl sites for hydroxylation is 2. The van der Waals surface area contributed by atoms with Gasteiger partial charge in [-0.1, -0.05) is 24.3 Å². The summed E-state index contributed by atoms with van der Waals surface area (Å²) in [6.07, 6.45) is -0.852. The molecule has 3 aromatic rings. The highest BCUT2D eigenvalue weighted by Crippen LogP contribution is 2.31. The number of para-hydroxylation sites is 2. The molecule has 0 aliphatic carbocycles. The van der Waals surface area contributed by atoms with Gasteiger partial charge in [-0.3, -0.25) is 0 Å². The summed E-state index contributed by atoms with van der Waals surface area (Å²) in [5.74, 6) is 0.552. The number of carbonyl (C=O) groups is 1. The summed E-state index contributed by atoms with van der Waals surface area (Å²) >= 11 is 0. The van der Waals surface area contributed by atoms with Crippen molar-refractivity contribution in [3.05, 3.63) is 69.6 Å². The van der Waals surface area contributed by atoms with Gasteiger partial charge in [-0.25, -0.2) is 9.59 Å². The molecule has 1 aromatic heterocycles. The van der Waals surface area contributed by atoms with Crippen LogP contribution in [0.3, 0.4) is 0 Å². The van der Waals surface area contributed by atoms with E-state index in [1.807, 2.05) is 32.0 Å². The first kappa shape index (κ1) is 17.1. The van der Waals surface area contributed by atoms with E-state index in [2.05, 4.69) is 0 Å². The van der Waals surface area contributed by atoms with Gasteiger partial charge in [0.15, 0.2) is 11.5 Å². The Bertz CT molecular complexity index is 1080. The van der Waals surface area contributed by atoms with Crippen molar-refractivity contribution in [2.75, 3.05) is 6.61 Å². The second kappa shape index (κ2) is 6.79. The Labute approximate surface area is 155 Å². The summed E-state index contributed by atoms with van der Waals surface area (Å²) in [5, 5.41) is 0.747. The number of hydrogen-bond acceptors (Lipinski definition) is 6. The van der Waals surface area contributed by atoms with Crippen molar-refractivity contribution in [1.29, 1.82) is 0 Å². The minimum absolute atomic E-state index is 0.0507. The molecule has 1 aliphatic rings. The SMILES string of the molecule is Cc1ccc2c(COC(=O)C3COc4ccccc4O3)cc(=O)oc2c1C. The van der Waals surface area contributed by atoms with Crippen LogP contribution in [0.5, 0.6) is 11.5 Å². The predicted octanol–water partition coefficient (Wildman–Crippen LogP) is 3.29. The first-order valence-electron chi connectivity index (χ1n) is 8.61. The molecular formula is C21H18O6. The third kappa shape index (κ3) is 3.26. The lowest BCUT2D eigenvalue weighted by atomic mass is 10.0. The minimum Gasteiger partial charge on any atom is -0.485 e. The lowest BCUT2D eigenvalue weighted by molar-refractivity contribution is -0.155. The van der Waals surface area contributed by atoms with Crippen LogP contribution in [0.2, 0.25) is 0 Å². The van der Waals surface area contributed by atoms with Crippen LogP contribution in [0.15, 0.2) is 51.7 Å². The molecule has 0 radical (unpaired) electrons. The van der Waals surface area contributed by atoms with Gasteiger partial charge in [0.25, 0.3) is 0 Å². The quantitative estimate of drug-likeness (QED) is 0.523. The number of hydrogen-bond donors (Lipinski definition) is 0. The lowest BCUT2D eigenvalue weighted by Gasteiger charge is -2.25. The van der Waals surface area contributed by atoms with Crippen LogP contribution < -0.4 is 15.1 Å². The zero-order chi connectivity index (χ0) is 19.0. The molecule has 0 amide bonds. The highest BCUT2D eigenvalue weighted by molar-refractivity contribution is 5.84. The van der Waals surface area contributed by atoms with Gasteiger partial charge in [-0.15, -0.1) is 0 Å². The monoisotopic (exact) mass is 366 g/mol. The van der Waals surface area contributed by atoms with Crippen LogP contribution in [-0.4, -0.2) is 18.7 Å². The molecule has 1 unspecified atom stereocenters. The maximum atomic E-state index is 12.4. The van der Waals surface area contributed by atoms with Crippen molar-refractivity contribution in [3.8, 4) is 11.5 Å². The fourth-order valence-electron chi connectivity index (χ4n) is 3.02. The number of esters is 1. The molecular weight excluding hydrogens is 348 g/mol. The van der Waals surface area contributed by atoms with Crippen LogP contribution in [0.4, 0.5) is 0 Å². The summed E-state index contributed by atoms with van der Waals surface area (Å²) in [7, 11) is 0. The van der Waals surface area contributed by atoms with Gasteiger partial charge in [-0.05, 0) is 37.1 Å². The molecule has 0 fully saturated rings. The van der Waals surface area contributed by atoms with Gasteiger partial charge in [0, 0.05) is 17.0 Å². The van der Waals surface area contributed by atoms with Crippen LogP contribution in [-0.2, 0) is 16.1 Å². The molecule has 0 saturated carbocycles. The van der Waals surface area contributed by atoms with E-state index in [4.69, 9.17) is 18.6 Å². The van der Waals surface area contributed by atoms with E-state index in [9.17, 15) is 9.59 Å². The Morgan fingerprint density at radius 1 is 1.15 bits per heavy atom. The minimum atomic E-state index is -0.852. The van der Waals surface area contributed by atoms with E-state index in [-0.39, 0.29) is 13.2 Å². The fraction of sp³-hybridized carbons (Fsp3) is 0.238. The lowest BCUT2D eigenvalue weighted by Crippen LogP contribution is -2.37. The molecule has 0 saturated heterocycles. The van der Waals surface area contributed by atoms with E-state index in [1.165, 1.54) is 6.07 Å². The Morgan fingerprint density at radius 3 is 2.74 bits per heavy atom. The van der Waals surface area contributed by atoms with E-state index >= 15 is 0 Å². The average Bonchev–Trinajstić information content (AvgIpc) is 2.68. The van der Waals surface area contributed by atoms with Crippen molar-refractivity contribution >= 4 is 16.9 Å². The maximum Gasteiger partial charge on any atom is 0.351 e. The van der Waals surface area contributed by atoms with Crippen molar-refractivity contribution in [3.63, 3.8) is 0 Å². The number of benzene rings is 2. The van der Waals surface area contributed by atoms with Crippen LogP contribution >= 0.6 is 0 Å². The summed E-state index contributed by atoms with van der Waals surface area (Å²) in [5.41, 5.74) is 2.53. The largest absolute Gasteiger partial charge is 0.485 e. The Balaban J connectivity index is 1.53. The molecule has 2 aromatic carbocycles. The summed E-state index contributed by atoms with van der Waals surface area (Å²) < 4.78 is 21.9. The van der Waals surface area contributed by atoms with Gasteiger partial charge in [0.05, 0.1) is 0 Å². The second-order valence-electron chi connectivity index (χ2n) is 6.45. The molecule has 1 aliphatic heterocycles. The van der Waals surface area contributed by atoms with Crippen LogP contribution in [0.25, 0.3) is 11.0 Å². The molecule has 6 nitrogen and oxygen atoms in total. The number of rotatable bonds is 3. The van der Waals surface area contributed by atoms with Crippen LogP contribution in [0.1, 0.15) is 16.7 Å². The summed E-state index contributed by atoms with van der Waals surface area (Å²) in [4.78, 5) is 24.3. The molecule has 138 valence electrons. The van der Waals surface area contributed by atoms with Gasteiger partial charge < -0.3 is 18.6 Å². The second-order valence-corrected chi connectivity index (χ2v) is 6.45. The van der Waals surface area contributed by atoms with Crippen molar-refractivity contribution in [1.82, 2.24) is 0 Å². The fourth-order valence-corrected chi connectivity index (χ4v) is 3.02.